The summed E-state index contributed by atoms with van der Waals surface area (Å²) < 4.78 is 5.56. The van der Waals surface area contributed by atoms with E-state index in [-0.39, 0.29) is 5.60 Å². The van der Waals surface area contributed by atoms with Crippen molar-refractivity contribution in [1.82, 2.24) is 4.98 Å². The molecule has 0 bridgehead atoms. The molecular weight excluding hydrogens is 285 g/mol. The molecule has 1 aliphatic carbocycles. The lowest BCUT2D eigenvalue weighted by atomic mass is 9.80. The lowest BCUT2D eigenvalue weighted by Crippen LogP contribution is -2.45. The molecule has 2 rings (SSSR count). The zero-order valence-corrected chi connectivity index (χ0v) is 12.7. The van der Waals surface area contributed by atoms with E-state index in [1.807, 2.05) is 6.92 Å². The molecule has 1 aliphatic rings. The molecule has 19 heavy (non-hydrogen) atoms. The summed E-state index contributed by atoms with van der Waals surface area (Å²) in [5, 5.41) is 7.43. The van der Waals surface area contributed by atoms with Crippen molar-refractivity contribution in [3.8, 4) is 0 Å². The van der Waals surface area contributed by atoms with Crippen LogP contribution in [0.5, 0.6) is 0 Å². The van der Waals surface area contributed by atoms with Crippen LogP contribution in [0.25, 0.3) is 0 Å². The maximum Gasteiger partial charge on any atom is 0.147 e. The van der Waals surface area contributed by atoms with Gasteiger partial charge in [-0.05, 0) is 32.3 Å². The summed E-state index contributed by atoms with van der Waals surface area (Å²) in [5.41, 5.74) is -0.0665. The zero-order chi connectivity index (χ0) is 13.9. The minimum Gasteiger partial charge on any atom is -0.376 e. The number of rotatable bonds is 6. The van der Waals surface area contributed by atoms with E-state index >= 15 is 0 Å². The maximum atomic E-state index is 6.16. The molecule has 1 saturated carbocycles. The Morgan fingerprint density at radius 1 is 1.26 bits per heavy atom. The highest BCUT2D eigenvalue weighted by molar-refractivity contribution is 6.37. The van der Waals surface area contributed by atoms with Gasteiger partial charge in [-0.2, -0.15) is 0 Å². The molecule has 0 unspecified atom stereocenters. The summed E-state index contributed by atoms with van der Waals surface area (Å²) in [6, 6.07) is 1.71. The van der Waals surface area contributed by atoms with Crippen LogP contribution in [-0.4, -0.2) is 30.8 Å². The van der Waals surface area contributed by atoms with Crippen molar-refractivity contribution in [1.29, 1.82) is 0 Å². The Bertz CT molecular complexity index is 444. The molecule has 4 nitrogen and oxygen atoms in total. The number of halogens is 2. The van der Waals surface area contributed by atoms with Crippen molar-refractivity contribution >= 4 is 34.8 Å². The summed E-state index contributed by atoms with van der Waals surface area (Å²) >= 11 is 12.2. The van der Waals surface area contributed by atoms with Gasteiger partial charge in [0, 0.05) is 20.2 Å². The summed E-state index contributed by atoms with van der Waals surface area (Å²) in [6.07, 6.45) is 3.35. The van der Waals surface area contributed by atoms with Gasteiger partial charge in [0.1, 0.15) is 11.6 Å². The highest BCUT2D eigenvalue weighted by atomic mass is 35.5. The van der Waals surface area contributed by atoms with Crippen LogP contribution < -0.4 is 10.6 Å². The fourth-order valence-electron chi connectivity index (χ4n) is 2.15. The molecule has 2 N–H and O–H groups in total. The quantitative estimate of drug-likeness (QED) is 0.839. The molecular formula is C13H19Cl2N3O. The van der Waals surface area contributed by atoms with E-state index < -0.39 is 0 Å². The minimum atomic E-state index is -0.0665. The maximum absolute atomic E-state index is 6.16. The standard InChI is InChI=1S/C13H19Cl2N3O/c1-3-16-11-9(14)7-10(15)12(18-11)17-8-13(19-2)5-4-6-13/h7H,3-6,8H2,1-2H3,(H2,16,17,18). The van der Waals surface area contributed by atoms with E-state index in [2.05, 4.69) is 15.6 Å². The van der Waals surface area contributed by atoms with Gasteiger partial charge in [-0.3, -0.25) is 0 Å². The van der Waals surface area contributed by atoms with E-state index in [4.69, 9.17) is 27.9 Å². The Hall–Kier alpha value is -0.710. The van der Waals surface area contributed by atoms with Gasteiger partial charge in [0.2, 0.25) is 0 Å². The summed E-state index contributed by atoms with van der Waals surface area (Å²) in [7, 11) is 1.75. The molecule has 0 atom stereocenters. The lowest BCUT2D eigenvalue weighted by Gasteiger charge is -2.40. The first-order valence-corrected chi connectivity index (χ1v) is 7.25. The first-order chi connectivity index (χ1) is 9.10. The largest absolute Gasteiger partial charge is 0.376 e. The normalized spacial score (nSPS) is 16.8. The molecule has 1 heterocycles. The van der Waals surface area contributed by atoms with Crippen molar-refractivity contribution in [2.45, 2.75) is 31.8 Å². The molecule has 0 spiro atoms. The second kappa shape index (κ2) is 6.16. The van der Waals surface area contributed by atoms with Crippen LogP contribution in [0.4, 0.5) is 11.6 Å². The third-order valence-electron chi connectivity index (χ3n) is 3.55. The van der Waals surface area contributed by atoms with Crippen molar-refractivity contribution in [3.63, 3.8) is 0 Å². The second-order valence-corrected chi connectivity index (χ2v) is 5.59. The fourth-order valence-corrected chi connectivity index (χ4v) is 2.64. The molecule has 1 aromatic heterocycles. The first kappa shape index (κ1) is 14.7. The van der Waals surface area contributed by atoms with Gasteiger partial charge in [-0.15, -0.1) is 0 Å². The first-order valence-electron chi connectivity index (χ1n) is 6.49. The number of aromatic nitrogens is 1. The lowest BCUT2D eigenvalue weighted by molar-refractivity contribution is -0.0601. The molecule has 6 heteroatoms. The molecule has 106 valence electrons. The second-order valence-electron chi connectivity index (χ2n) is 4.77. The van der Waals surface area contributed by atoms with E-state index in [0.717, 1.165) is 19.4 Å². The van der Waals surface area contributed by atoms with Crippen LogP contribution in [-0.2, 0) is 4.74 Å². The van der Waals surface area contributed by atoms with Crippen molar-refractivity contribution in [2.24, 2.45) is 0 Å². The van der Waals surface area contributed by atoms with Gasteiger partial charge in [0.05, 0.1) is 15.6 Å². The molecule has 0 amide bonds. The minimum absolute atomic E-state index is 0.0665. The molecule has 0 saturated heterocycles. The number of ether oxygens (including phenoxy) is 1. The molecule has 1 fully saturated rings. The van der Waals surface area contributed by atoms with Gasteiger partial charge in [-0.1, -0.05) is 23.2 Å². The molecule has 0 aliphatic heterocycles. The number of hydrogen-bond donors (Lipinski definition) is 2. The number of methoxy groups -OCH3 is 1. The van der Waals surface area contributed by atoms with Gasteiger partial charge >= 0.3 is 0 Å². The Morgan fingerprint density at radius 3 is 2.37 bits per heavy atom. The Kier molecular flexibility index (Phi) is 4.76. The van der Waals surface area contributed by atoms with Gasteiger partial charge in [0.15, 0.2) is 0 Å². The SMILES string of the molecule is CCNc1nc(NCC2(OC)CCC2)c(Cl)cc1Cl. The van der Waals surface area contributed by atoms with Gasteiger partial charge in [0.25, 0.3) is 0 Å². The number of nitrogens with one attached hydrogen (secondary N) is 2. The van der Waals surface area contributed by atoms with E-state index in [1.54, 1.807) is 13.2 Å². The third-order valence-corrected chi connectivity index (χ3v) is 4.13. The molecule has 0 radical (unpaired) electrons. The number of hydrogen-bond acceptors (Lipinski definition) is 4. The van der Waals surface area contributed by atoms with E-state index in [1.165, 1.54) is 6.42 Å². The van der Waals surface area contributed by atoms with Gasteiger partial charge in [-0.25, -0.2) is 4.98 Å². The Balaban J connectivity index is 2.08. The Morgan fingerprint density at radius 2 is 1.89 bits per heavy atom. The van der Waals surface area contributed by atoms with E-state index in [0.29, 0.717) is 28.2 Å². The average molecular weight is 304 g/mol. The fraction of sp³-hybridized carbons (Fsp3) is 0.615. The summed E-state index contributed by atoms with van der Waals surface area (Å²) in [5.74, 6) is 1.29. The van der Waals surface area contributed by atoms with Crippen LogP contribution in [0.15, 0.2) is 6.07 Å². The summed E-state index contributed by atoms with van der Waals surface area (Å²) in [4.78, 5) is 4.42. The third kappa shape index (κ3) is 3.25. The number of nitrogens with zero attached hydrogens (tertiary/aromatic N) is 1. The summed E-state index contributed by atoms with van der Waals surface area (Å²) in [6.45, 7) is 3.47. The van der Waals surface area contributed by atoms with Crippen LogP contribution >= 0.6 is 23.2 Å². The monoisotopic (exact) mass is 303 g/mol. The van der Waals surface area contributed by atoms with Crippen molar-refractivity contribution in [2.75, 3.05) is 30.8 Å². The Labute approximate surface area is 123 Å². The molecule has 0 aromatic carbocycles. The highest BCUT2D eigenvalue weighted by Crippen LogP contribution is 2.36. The zero-order valence-electron chi connectivity index (χ0n) is 11.2. The molecule has 1 aromatic rings. The van der Waals surface area contributed by atoms with Crippen molar-refractivity contribution in [3.05, 3.63) is 16.1 Å². The van der Waals surface area contributed by atoms with Crippen molar-refractivity contribution < 1.29 is 4.74 Å². The van der Waals surface area contributed by atoms with E-state index in [9.17, 15) is 0 Å². The van der Waals surface area contributed by atoms with Crippen LogP contribution in [0.3, 0.4) is 0 Å². The van der Waals surface area contributed by atoms with Crippen LogP contribution in [0.1, 0.15) is 26.2 Å². The number of anilines is 2. The average Bonchev–Trinajstić information content (AvgIpc) is 2.33. The van der Waals surface area contributed by atoms with Crippen LogP contribution in [0, 0.1) is 0 Å². The van der Waals surface area contributed by atoms with Gasteiger partial charge < -0.3 is 15.4 Å². The topological polar surface area (TPSA) is 46.2 Å². The number of pyridine rings is 1. The highest BCUT2D eigenvalue weighted by Gasteiger charge is 2.36. The van der Waals surface area contributed by atoms with Crippen LogP contribution in [0.2, 0.25) is 10.0 Å². The smallest absolute Gasteiger partial charge is 0.147 e. The predicted octanol–water partition coefficient (Wildman–Crippen LogP) is 3.80. The predicted molar refractivity (Wildman–Crippen MR) is 80.5 cm³/mol.